The number of fused-ring (bicyclic) bond motifs is 1. The van der Waals surface area contributed by atoms with Crippen molar-refractivity contribution in [2.45, 2.75) is 58.7 Å². The number of methoxy groups -OCH3 is 1. The quantitative estimate of drug-likeness (QED) is 0.732. The van der Waals surface area contributed by atoms with Gasteiger partial charge in [-0.15, -0.1) is 0 Å². The van der Waals surface area contributed by atoms with Gasteiger partial charge in [0.2, 0.25) is 5.91 Å². The van der Waals surface area contributed by atoms with E-state index in [1.54, 1.807) is 7.11 Å². The normalized spacial score (nSPS) is 22.0. The van der Waals surface area contributed by atoms with Crippen LogP contribution in [0.3, 0.4) is 0 Å². The Hall–Kier alpha value is -2.34. The maximum Gasteiger partial charge on any atom is 0.224 e. The van der Waals surface area contributed by atoms with Crippen LogP contribution in [0.4, 0.5) is 0 Å². The van der Waals surface area contributed by atoms with Gasteiger partial charge in [0.25, 0.3) is 0 Å². The first-order valence-corrected chi connectivity index (χ1v) is 11.2. The number of carbonyl (C=O) groups is 1. The van der Waals surface area contributed by atoms with E-state index in [1.807, 2.05) is 17.7 Å². The van der Waals surface area contributed by atoms with Crippen LogP contribution >= 0.6 is 0 Å². The number of hydrogen-bond acceptors (Lipinski definition) is 4. The van der Waals surface area contributed by atoms with Crippen molar-refractivity contribution in [1.29, 1.82) is 0 Å². The van der Waals surface area contributed by atoms with Crippen LogP contribution in [0.5, 0.6) is 5.75 Å². The summed E-state index contributed by atoms with van der Waals surface area (Å²) in [5.74, 6) is 1.75. The Morgan fingerprint density at radius 2 is 2.07 bits per heavy atom. The summed E-state index contributed by atoms with van der Waals surface area (Å²) >= 11 is 0. The van der Waals surface area contributed by atoms with Crippen LogP contribution in [0, 0.1) is 19.8 Å². The molecule has 30 heavy (non-hydrogen) atoms. The van der Waals surface area contributed by atoms with Gasteiger partial charge in [0, 0.05) is 44.3 Å². The maximum absolute atomic E-state index is 13.0. The second kappa shape index (κ2) is 9.21. The zero-order valence-corrected chi connectivity index (χ0v) is 18.5. The minimum Gasteiger partial charge on any atom is -0.497 e. The van der Waals surface area contributed by atoms with E-state index >= 15 is 0 Å². The Morgan fingerprint density at radius 1 is 1.20 bits per heavy atom. The fourth-order valence-corrected chi connectivity index (χ4v) is 5.10. The molecule has 6 nitrogen and oxygen atoms in total. The predicted molar refractivity (Wildman–Crippen MR) is 117 cm³/mol. The van der Waals surface area contributed by atoms with Gasteiger partial charge in [-0.1, -0.05) is 18.6 Å². The van der Waals surface area contributed by atoms with Crippen LogP contribution in [-0.4, -0.2) is 58.3 Å². The van der Waals surface area contributed by atoms with E-state index in [9.17, 15) is 4.79 Å². The molecule has 3 heterocycles. The van der Waals surface area contributed by atoms with E-state index in [4.69, 9.17) is 4.74 Å². The summed E-state index contributed by atoms with van der Waals surface area (Å²) in [6.45, 7) is 8.49. The van der Waals surface area contributed by atoms with E-state index in [2.05, 4.69) is 46.1 Å². The highest BCUT2D eigenvalue weighted by atomic mass is 16.5. The third-order valence-electron chi connectivity index (χ3n) is 6.66. The van der Waals surface area contributed by atoms with Crippen molar-refractivity contribution >= 4 is 5.91 Å². The molecular formula is C24H34N4O2. The monoisotopic (exact) mass is 410 g/mol. The molecule has 0 bridgehead atoms. The summed E-state index contributed by atoms with van der Waals surface area (Å²) in [5, 5.41) is 4.49. The number of benzene rings is 1. The van der Waals surface area contributed by atoms with Gasteiger partial charge in [0.1, 0.15) is 5.75 Å². The van der Waals surface area contributed by atoms with E-state index in [1.165, 1.54) is 24.8 Å². The third-order valence-corrected chi connectivity index (χ3v) is 6.66. The second-order valence-corrected chi connectivity index (χ2v) is 8.84. The molecule has 2 aliphatic rings. The molecule has 2 aromatic rings. The Balaban J connectivity index is 1.39. The zero-order chi connectivity index (χ0) is 21.1. The first kappa shape index (κ1) is 20.9. The van der Waals surface area contributed by atoms with E-state index in [-0.39, 0.29) is 5.91 Å². The number of aromatic nitrogens is 2. The van der Waals surface area contributed by atoms with Crippen molar-refractivity contribution in [3.63, 3.8) is 0 Å². The number of aryl methyl sites for hydroxylation is 3. The molecule has 2 atom stereocenters. The van der Waals surface area contributed by atoms with Crippen LogP contribution < -0.4 is 4.74 Å². The topological polar surface area (TPSA) is 50.6 Å². The summed E-state index contributed by atoms with van der Waals surface area (Å²) in [4.78, 5) is 17.7. The third kappa shape index (κ3) is 4.69. The maximum atomic E-state index is 13.0. The molecule has 0 unspecified atom stereocenters. The predicted octanol–water partition coefficient (Wildman–Crippen LogP) is 3.41. The van der Waals surface area contributed by atoms with Crippen molar-refractivity contribution in [3.05, 3.63) is 47.3 Å². The first-order chi connectivity index (χ1) is 14.5. The molecule has 0 saturated carbocycles. The highest BCUT2D eigenvalue weighted by Crippen LogP contribution is 2.31. The lowest BCUT2D eigenvalue weighted by Crippen LogP contribution is -2.40. The van der Waals surface area contributed by atoms with Gasteiger partial charge < -0.3 is 9.64 Å². The van der Waals surface area contributed by atoms with Gasteiger partial charge in [-0.05, 0) is 62.9 Å². The van der Waals surface area contributed by atoms with Gasteiger partial charge >= 0.3 is 0 Å². The molecule has 0 aliphatic carbocycles. The largest absolute Gasteiger partial charge is 0.497 e. The van der Waals surface area contributed by atoms with Crippen molar-refractivity contribution in [1.82, 2.24) is 19.6 Å². The Morgan fingerprint density at radius 3 is 2.83 bits per heavy atom. The molecule has 162 valence electrons. The summed E-state index contributed by atoms with van der Waals surface area (Å²) in [6.07, 6.45) is 4.24. The van der Waals surface area contributed by atoms with Gasteiger partial charge in [0.15, 0.2) is 0 Å². The van der Waals surface area contributed by atoms with Gasteiger partial charge in [-0.25, -0.2) is 0 Å². The fourth-order valence-electron chi connectivity index (χ4n) is 5.10. The molecule has 6 heteroatoms. The summed E-state index contributed by atoms with van der Waals surface area (Å²) < 4.78 is 7.35. The molecule has 4 rings (SSSR count). The van der Waals surface area contributed by atoms with Crippen molar-refractivity contribution in [2.75, 3.05) is 26.7 Å². The van der Waals surface area contributed by atoms with Crippen molar-refractivity contribution < 1.29 is 9.53 Å². The number of likely N-dealkylation sites (tertiary alicyclic amines) is 2. The average Bonchev–Trinajstić information content (AvgIpc) is 3.25. The van der Waals surface area contributed by atoms with Crippen molar-refractivity contribution in [3.8, 4) is 5.75 Å². The average molecular weight is 411 g/mol. The number of ether oxygens (including phenoxy) is 1. The molecule has 0 N–H and O–H groups in total. The summed E-state index contributed by atoms with van der Waals surface area (Å²) in [5.41, 5.74) is 3.41. The summed E-state index contributed by atoms with van der Waals surface area (Å²) in [6, 6.07) is 10.9. The van der Waals surface area contributed by atoms with Crippen molar-refractivity contribution in [2.24, 2.45) is 5.92 Å². The summed E-state index contributed by atoms with van der Waals surface area (Å²) in [7, 11) is 1.72. The molecular weight excluding hydrogens is 376 g/mol. The molecule has 0 spiro atoms. The molecule has 2 aliphatic heterocycles. The fraction of sp³-hybridized carbons (Fsp3) is 0.583. The minimum atomic E-state index is 0.261. The van der Waals surface area contributed by atoms with Crippen LogP contribution in [0.2, 0.25) is 0 Å². The van der Waals surface area contributed by atoms with Gasteiger partial charge in [-0.2, -0.15) is 5.10 Å². The molecule has 2 saturated heterocycles. The molecule has 1 aromatic heterocycles. The lowest BCUT2D eigenvalue weighted by atomic mass is 9.98. The Kier molecular flexibility index (Phi) is 6.42. The van der Waals surface area contributed by atoms with Crippen LogP contribution in [0.15, 0.2) is 30.3 Å². The molecule has 1 amide bonds. The number of amides is 1. The van der Waals surface area contributed by atoms with E-state index < -0.39 is 0 Å². The number of rotatable bonds is 6. The van der Waals surface area contributed by atoms with Crippen LogP contribution in [-0.2, 0) is 17.9 Å². The first-order valence-electron chi connectivity index (χ1n) is 11.2. The van der Waals surface area contributed by atoms with Gasteiger partial charge in [-0.3, -0.25) is 14.4 Å². The lowest BCUT2D eigenvalue weighted by molar-refractivity contribution is -0.130. The minimum absolute atomic E-state index is 0.261. The number of nitrogens with zero attached hydrogens (tertiary/aromatic N) is 4. The highest BCUT2D eigenvalue weighted by Gasteiger charge is 2.39. The standard InChI is InChI=1S/C24H34N4O2/c1-18-13-19(2)28(25-18)12-10-24(29)27-16-21-8-4-5-11-26(23(21)17-27)15-20-7-6-9-22(14-20)30-3/h6-7,9,13-14,21,23H,4-5,8,10-12,15-17H2,1-3H3/t21-,23+/m0/s1. The smallest absolute Gasteiger partial charge is 0.224 e. The van der Waals surface area contributed by atoms with E-state index in [0.29, 0.717) is 24.9 Å². The highest BCUT2D eigenvalue weighted by molar-refractivity contribution is 5.76. The second-order valence-electron chi connectivity index (χ2n) is 8.84. The van der Waals surface area contributed by atoms with Gasteiger partial charge in [0.05, 0.1) is 12.8 Å². The zero-order valence-electron chi connectivity index (χ0n) is 18.5. The molecule has 1 aromatic carbocycles. The Labute approximate surface area is 179 Å². The van der Waals surface area contributed by atoms with E-state index in [0.717, 1.165) is 43.3 Å². The van der Waals surface area contributed by atoms with Crippen LogP contribution in [0.1, 0.15) is 42.6 Å². The molecule has 2 fully saturated rings. The Bertz CT molecular complexity index is 878. The molecule has 0 radical (unpaired) electrons. The number of carbonyl (C=O) groups excluding carboxylic acids is 1. The lowest BCUT2D eigenvalue weighted by Gasteiger charge is -2.30. The SMILES string of the molecule is COc1cccc(CN2CCCC[C@H]3CN(C(=O)CCn4nc(C)cc4C)C[C@H]32)c1. The van der Waals surface area contributed by atoms with Crippen LogP contribution in [0.25, 0.3) is 0 Å². The number of hydrogen-bond donors (Lipinski definition) is 0.